The summed E-state index contributed by atoms with van der Waals surface area (Å²) in [4.78, 5) is 34.9. The number of hydrogen-bond acceptors (Lipinski definition) is 4. The van der Waals surface area contributed by atoms with Crippen LogP contribution in [0.2, 0.25) is 0 Å². The lowest BCUT2D eigenvalue weighted by Gasteiger charge is -2.17. The number of carboxylic acid groups (broad SMARTS) is 1. The second kappa shape index (κ2) is 11.3. The second-order valence-corrected chi connectivity index (χ2v) is 8.03. The van der Waals surface area contributed by atoms with Crippen LogP contribution >= 0.6 is 0 Å². The summed E-state index contributed by atoms with van der Waals surface area (Å²) in [6.45, 7) is 2.89. The number of hydrogen-bond donors (Lipinski definition) is 3. The van der Waals surface area contributed by atoms with E-state index in [1.807, 2.05) is 31.2 Å². The molecule has 170 valence electrons. The van der Waals surface area contributed by atoms with E-state index >= 15 is 0 Å². The molecule has 0 saturated heterocycles. The van der Waals surface area contributed by atoms with E-state index in [9.17, 15) is 14.4 Å². The Kier molecular flexibility index (Phi) is 8.25. The smallest absolute Gasteiger partial charge is 0.407 e. The van der Waals surface area contributed by atoms with E-state index in [1.54, 1.807) is 0 Å². The molecular weight excluding hydrogens is 408 g/mol. The van der Waals surface area contributed by atoms with Gasteiger partial charge in [0.1, 0.15) is 6.61 Å². The Morgan fingerprint density at radius 3 is 2.22 bits per heavy atom. The number of fused-ring (bicyclic) bond motifs is 3. The molecule has 2 amide bonds. The topological polar surface area (TPSA) is 105 Å². The number of nitrogens with one attached hydrogen (secondary N) is 2. The minimum Gasteiger partial charge on any atom is -0.481 e. The van der Waals surface area contributed by atoms with Gasteiger partial charge in [-0.15, -0.1) is 0 Å². The molecule has 1 unspecified atom stereocenters. The van der Waals surface area contributed by atoms with Crippen LogP contribution in [0.4, 0.5) is 4.79 Å². The highest BCUT2D eigenvalue weighted by Crippen LogP contribution is 2.44. The largest absolute Gasteiger partial charge is 0.481 e. The van der Waals surface area contributed by atoms with Crippen LogP contribution in [0, 0.1) is 5.92 Å². The molecule has 1 aliphatic carbocycles. The first-order chi connectivity index (χ1) is 15.5. The zero-order chi connectivity index (χ0) is 22.9. The minimum atomic E-state index is -0.877. The van der Waals surface area contributed by atoms with Crippen molar-refractivity contribution in [1.29, 1.82) is 0 Å². The third-order valence-corrected chi connectivity index (χ3v) is 5.82. The van der Waals surface area contributed by atoms with Gasteiger partial charge in [0.05, 0.1) is 0 Å². The van der Waals surface area contributed by atoms with Gasteiger partial charge in [-0.1, -0.05) is 61.9 Å². The Labute approximate surface area is 188 Å². The average molecular weight is 439 g/mol. The number of benzene rings is 2. The fourth-order valence-electron chi connectivity index (χ4n) is 4.04. The van der Waals surface area contributed by atoms with Gasteiger partial charge in [0.2, 0.25) is 5.91 Å². The minimum absolute atomic E-state index is 0.00621. The lowest BCUT2D eigenvalue weighted by atomic mass is 9.98. The quantitative estimate of drug-likeness (QED) is 0.461. The van der Waals surface area contributed by atoms with Gasteiger partial charge in [-0.05, 0) is 34.6 Å². The number of ether oxygens (including phenoxy) is 1. The SMILES string of the molecule is CCC(CNC(=O)OCC1c2ccccc2-c2ccccc21)CC(=O)NCCCC(=O)O. The van der Waals surface area contributed by atoms with E-state index in [0.717, 1.165) is 17.5 Å². The lowest BCUT2D eigenvalue weighted by Crippen LogP contribution is -2.34. The molecule has 2 aromatic carbocycles. The predicted octanol–water partition coefficient (Wildman–Crippen LogP) is 3.92. The Hall–Kier alpha value is -3.35. The number of carboxylic acids is 1. The van der Waals surface area contributed by atoms with Crippen LogP contribution < -0.4 is 10.6 Å². The highest BCUT2D eigenvalue weighted by Gasteiger charge is 2.29. The van der Waals surface area contributed by atoms with E-state index in [1.165, 1.54) is 11.1 Å². The Morgan fingerprint density at radius 1 is 1.00 bits per heavy atom. The monoisotopic (exact) mass is 438 g/mol. The number of amides is 2. The normalized spacial score (nSPS) is 13.0. The first kappa shape index (κ1) is 23.3. The summed E-state index contributed by atoms with van der Waals surface area (Å²) in [5.74, 6) is -1.03. The van der Waals surface area contributed by atoms with Gasteiger partial charge < -0.3 is 20.5 Å². The van der Waals surface area contributed by atoms with Gasteiger partial charge in [-0.2, -0.15) is 0 Å². The van der Waals surface area contributed by atoms with Crippen LogP contribution in [0.1, 0.15) is 49.7 Å². The molecule has 0 saturated carbocycles. The Balaban J connectivity index is 1.45. The number of aliphatic carboxylic acids is 1. The van der Waals surface area contributed by atoms with Crippen molar-refractivity contribution in [2.24, 2.45) is 5.92 Å². The predicted molar refractivity (Wildman–Crippen MR) is 121 cm³/mol. The van der Waals surface area contributed by atoms with Gasteiger partial charge in [-0.3, -0.25) is 9.59 Å². The van der Waals surface area contributed by atoms with Crippen molar-refractivity contribution in [3.05, 3.63) is 59.7 Å². The van der Waals surface area contributed by atoms with Gasteiger partial charge in [-0.25, -0.2) is 4.79 Å². The molecule has 1 aliphatic rings. The van der Waals surface area contributed by atoms with E-state index in [-0.39, 0.29) is 37.2 Å². The summed E-state index contributed by atoms with van der Waals surface area (Å²) in [7, 11) is 0. The van der Waals surface area contributed by atoms with Crippen molar-refractivity contribution >= 4 is 18.0 Å². The van der Waals surface area contributed by atoms with Crippen LogP contribution in [0.5, 0.6) is 0 Å². The Morgan fingerprint density at radius 2 is 1.62 bits per heavy atom. The maximum atomic E-state index is 12.3. The number of alkyl carbamates (subject to hydrolysis) is 1. The van der Waals surface area contributed by atoms with Gasteiger partial charge in [0.25, 0.3) is 0 Å². The van der Waals surface area contributed by atoms with Crippen molar-refractivity contribution < 1.29 is 24.2 Å². The van der Waals surface area contributed by atoms with Crippen LogP contribution in [0.15, 0.2) is 48.5 Å². The van der Waals surface area contributed by atoms with Gasteiger partial charge in [0, 0.05) is 31.8 Å². The first-order valence-corrected chi connectivity index (χ1v) is 11.1. The van der Waals surface area contributed by atoms with E-state index in [2.05, 4.69) is 34.9 Å². The lowest BCUT2D eigenvalue weighted by molar-refractivity contribution is -0.137. The van der Waals surface area contributed by atoms with Crippen molar-refractivity contribution in [1.82, 2.24) is 10.6 Å². The van der Waals surface area contributed by atoms with Crippen LogP contribution in [0.3, 0.4) is 0 Å². The molecule has 0 spiro atoms. The molecule has 32 heavy (non-hydrogen) atoms. The zero-order valence-corrected chi connectivity index (χ0v) is 18.3. The van der Waals surface area contributed by atoms with E-state index in [4.69, 9.17) is 9.84 Å². The van der Waals surface area contributed by atoms with Crippen molar-refractivity contribution in [3.8, 4) is 11.1 Å². The van der Waals surface area contributed by atoms with Gasteiger partial charge >= 0.3 is 12.1 Å². The molecule has 3 N–H and O–H groups in total. The van der Waals surface area contributed by atoms with E-state index in [0.29, 0.717) is 19.5 Å². The first-order valence-electron chi connectivity index (χ1n) is 11.1. The fourth-order valence-corrected chi connectivity index (χ4v) is 4.04. The summed E-state index contributed by atoms with van der Waals surface area (Å²) in [6, 6.07) is 16.3. The standard InChI is InChI=1S/C25H30N2O5/c1-2-17(14-23(28)26-13-7-12-24(29)30)15-27-25(31)32-16-22-20-10-5-3-8-18(20)19-9-4-6-11-21(19)22/h3-6,8-11,17,22H,2,7,12-16H2,1H3,(H,26,28)(H,27,31)(H,29,30). The summed E-state index contributed by atoms with van der Waals surface area (Å²) < 4.78 is 5.54. The summed E-state index contributed by atoms with van der Waals surface area (Å²) in [6.07, 6.45) is 0.933. The molecular formula is C25H30N2O5. The average Bonchev–Trinajstić information content (AvgIpc) is 3.11. The molecule has 7 nitrogen and oxygen atoms in total. The van der Waals surface area contributed by atoms with Gasteiger partial charge in [0.15, 0.2) is 0 Å². The maximum absolute atomic E-state index is 12.3. The zero-order valence-electron chi connectivity index (χ0n) is 18.3. The fraction of sp³-hybridized carbons (Fsp3) is 0.400. The molecule has 3 rings (SSSR count). The van der Waals surface area contributed by atoms with Crippen molar-refractivity contribution in [2.45, 2.75) is 38.5 Å². The second-order valence-electron chi connectivity index (χ2n) is 8.03. The number of rotatable bonds is 11. The summed E-state index contributed by atoms with van der Waals surface area (Å²) >= 11 is 0. The van der Waals surface area contributed by atoms with Crippen molar-refractivity contribution in [2.75, 3.05) is 19.7 Å². The molecule has 1 atom stereocenters. The molecule has 7 heteroatoms. The molecule has 2 aromatic rings. The third kappa shape index (κ3) is 6.09. The highest BCUT2D eigenvalue weighted by molar-refractivity contribution is 5.79. The van der Waals surface area contributed by atoms with E-state index < -0.39 is 12.1 Å². The summed E-state index contributed by atoms with van der Waals surface area (Å²) in [5.41, 5.74) is 4.68. The van der Waals surface area contributed by atoms with Crippen LogP contribution in [-0.2, 0) is 14.3 Å². The summed E-state index contributed by atoms with van der Waals surface area (Å²) in [5, 5.41) is 14.1. The maximum Gasteiger partial charge on any atom is 0.407 e. The molecule has 0 fully saturated rings. The molecule has 0 aromatic heterocycles. The number of carbonyl (C=O) groups is 3. The molecule has 0 aliphatic heterocycles. The van der Waals surface area contributed by atoms with Crippen molar-refractivity contribution in [3.63, 3.8) is 0 Å². The third-order valence-electron chi connectivity index (χ3n) is 5.82. The molecule has 0 heterocycles. The highest BCUT2D eigenvalue weighted by atomic mass is 16.5. The van der Waals surface area contributed by atoms with Crippen LogP contribution in [0.25, 0.3) is 11.1 Å². The number of carbonyl (C=O) groups excluding carboxylic acids is 2. The van der Waals surface area contributed by atoms with Crippen LogP contribution in [-0.4, -0.2) is 42.8 Å². The Bertz CT molecular complexity index is 913. The molecule has 0 radical (unpaired) electrons. The molecule has 0 bridgehead atoms.